The van der Waals surface area contributed by atoms with E-state index in [9.17, 15) is 18.8 Å². The van der Waals surface area contributed by atoms with Crippen LogP contribution >= 0.6 is 22.9 Å². The zero-order valence-corrected chi connectivity index (χ0v) is 18.0. The fourth-order valence-corrected chi connectivity index (χ4v) is 4.98. The summed E-state index contributed by atoms with van der Waals surface area (Å²) in [7, 11) is 0. The SMILES string of the molecule is O=C(COC(=O)CCn1cnc2sc3c(c2c1=O)CCCC3)Nc1ccc(F)cc1Cl. The Morgan fingerprint density at radius 1 is 1.29 bits per heavy atom. The number of benzene rings is 1. The van der Waals surface area contributed by atoms with Gasteiger partial charge in [-0.25, -0.2) is 9.37 Å². The maximum Gasteiger partial charge on any atom is 0.308 e. The molecule has 1 N–H and O–H groups in total. The average Bonchev–Trinajstić information content (AvgIpc) is 3.13. The van der Waals surface area contributed by atoms with Crippen molar-refractivity contribution in [3.8, 4) is 0 Å². The van der Waals surface area contributed by atoms with Crippen LogP contribution in [0.15, 0.2) is 29.3 Å². The summed E-state index contributed by atoms with van der Waals surface area (Å²) in [6.07, 6.45) is 5.41. The summed E-state index contributed by atoms with van der Waals surface area (Å²) in [5.74, 6) is -1.76. The van der Waals surface area contributed by atoms with Crippen LogP contribution in [0.2, 0.25) is 5.02 Å². The number of carbonyl (C=O) groups is 2. The van der Waals surface area contributed by atoms with Gasteiger partial charge < -0.3 is 10.1 Å². The molecular formula is C21H19ClFN3O4S. The molecule has 0 spiro atoms. The number of hydrogen-bond donors (Lipinski definition) is 1. The van der Waals surface area contributed by atoms with E-state index in [1.165, 1.54) is 21.8 Å². The smallest absolute Gasteiger partial charge is 0.308 e. The molecule has 2 heterocycles. The zero-order valence-electron chi connectivity index (χ0n) is 16.5. The number of thiophene rings is 1. The van der Waals surface area contributed by atoms with E-state index in [1.54, 1.807) is 11.3 Å². The van der Waals surface area contributed by atoms with E-state index in [0.717, 1.165) is 48.2 Å². The van der Waals surface area contributed by atoms with Crippen molar-refractivity contribution in [3.63, 3.8) is 0 Å². The molecule has 0 aliphatic heterocycles. The van der Waals surface area contributed by atoms with Crippen molar-refractivity contribution in [2.75, 3.05) is 11.9 Å². The minimum atomic E-state index is -0.625. The van der Waals surface area contributed by atoms with Crippen molar-refractivity contribution in [1.82, 2.24) is 9.55 Å². The lowest BCUT2D eigenvalue weighted by Gasteiger charge is -2.10. The highest BCUT2D eigenvalue weighted by Gasteiger charge is 2.20. The third-order valence-corrected chi connectivity index (χ3v) is 6.58. The number of aryl methyl sites for hydroxylation is 3. The molecule has 0 radical (unpaired) electrons. The van der Waals surface area contributed by atoms with E-state index in [4.69, 9.17) is 16.3 Å². The lowest BCUT2D eigenvalue weighted by molar-refractivity contribution is -0.147. The Hall–Kier alpha value is -2.78. The molecule has 2 aromatic heterocycles. The van der Waals surface area contributed by atoms with E-state index in [1.807, 2.05) is 0 Å². The molecule has 31 heavy (non-hydrogen) atoms. The Kier molecular flexibility index (Phi) is 6.33. The van der Waals surface area contributed by atoms with Gasteiger partial charge in [0.25, 0.3) is 11.5 Å². The number of anilines is 1. The second kappa shape index (κ2) is 9.15. The fourth-order valence-electron chi connectivity index (χ4n) is 3.55. The second-order valence-electron chi connectivity index (χ2n) is 7.22. The van der Waals surface area contributed by atoms with Crippen molar-refractivity contribution >= 4 is 50.7 Å². The lowest BCUT2D eigenvalue weighted by Crippen LogP contribution is -2.24. The molecule has 0 unspecified atom stereocenters. The number of rotatable bonds is 6. The van der Waals surface area contributed by atoms with Crippen molar-refractivity contribution in [1.29, 1.82) is 0 Å². The Bertz CT molecular complexity index is 1220. The first-order valence-electron chi connectivity index (χ1n) is 9.82. The van der Waals surface area contributed by atoms with Crippen LogP contribution in [0.1, 0.15) is 29.7 Å². The number of esters is 1. The molecule has 0 saturated carbocycles. The quantitative estimate of drug-likeness (QED) is 0.563. The average molecular weight is 464 g/mol. The number of hydrogen-bond acceptors (Lipinski definition) is 6. The first kappa shape index (κ1) is 21.5. The van der Waals surface area contributed by atoms with Crippen molar-refractivity contribution < 1.29 is 18.7 Å². The molecule has 1 aromatic carbocycles. The molecule has 1 amide bonds. The highest BCUT2D eigenvalue weighted by molar-refractivity contribution is 7.18. The summed E-state index contributed by atoms with van der Waals surface area (Å²) < 4.78 is 19.4. The zero-order chi connectivity index (χ0) is 22.0. The minimum absolute atomic E-state index is 0.0394. The van der Waals surface area contributed by atoms with Gasteiger partial charge in [-0.05, 0) is 49.4 Å². The van der Waals surface area contributed by atoms with Crippen LogP contribution in [0.3, 0.4) is 0 Å². The van der Waals surface area contributed by atoms with Crippen LogP contribution in [-0.2, 0) is 33.7 Å². The van der Waals surface area contributed by atoms with Crippen LogP contribution in [0.5, 0.6) is 0 Å². The number of amides is 1. The summed E-state index contributed by atoms with van der Waals surface area (Å²) in [6.45, 7) is -0.409. The molecule has 0 bridgehead atoms. The monoisotopic (exact) mass is 463 g/mol. The van der Waals surface area contributed by atoms with Gasteiger partial charge in [-0.2, -0.15) is 0 Å². The predicted octanol–water partition coefficient (Wildman–Crippen LogP) is 3.70. The molecular weight excluding hydrogens is 445 g/mol. The summed E-state index contributed by atoms with van der Waals surface area (Å²) in [5, 5.41) is 3.14. The molecule has 0 atom stereocenters. The summed E-state index contributed by atoms with van der Waals surface area (Å²) in [4.78, 5) is 43.2. The number of nitrogens with zero attached hydrogens (tertiary/aromatic N) is 2. The summed E-state index contributed by atoms with van der Waals surface area (Å²) in [6, 6.07) is 3.53. The Labute approximate surface area is 185 Å². The van der Waals surface area contributed by atoms with Gasteiger partial charge >= 0.3 is 5.97 Å². The fraction of sp³-hybridized carbons (Fsp3) is 0.333. The first-order valence-corrected chi connectivity index (χ1v) is 11.0. The number of nitrogens with one attached hydrogen (secondary N) is 1. The van der Waals surface area contributed by atoms with Crippen LogP contribution in [0.4, 0.5) is 10.1 Å². The molecule has 3 aromatic rings. The van der Waals surface area contributed by atoms with E-state index in [2.05, 4.69) is 10.3 Å². The molecule has 0 fully saturated rings. The lowest BCUT2D eigenvalue weighted by atomic mass is 9.97. The van der Waals surface area contributed by atoms with Crippen molar-refractivity contribution in [2.45, 2.75) is 38.6 Å². The summed E-state index contributed by atoms with van der Waals surface area (Å²) in [5.41, 5.74) is 1.16. The number of halogens is 2. The van der Waals surface area contributed by atoms with E-state index in [0.29, 0.717) is 5.39 Å². The molecule has 7 nitrogen and oxygen atoms in total. The first-order chi connectivity index (χ1) is 14.9. The van der Waals surface area contributed by atoms with Crippen molar-refractivity contribution in [2.24, 2.45) is 0 Å². The van der Waals surface area contributed by atoms with Gasteiger partial charge in [-0.1, -0.05) is 11.6 Å². The number of ether oxygens (including phenoxy) is 1. The second-order valence-corrected chi connectivity index (χ2v) is 8.71. The van der Waals surface area contributed by atoms with Gasteiger partial charge in [0.2, 0.25) is 0 Å². The maximum atomic E-state index is 13.0. The third kappa shape index (κ3) is 4.77. The number of carbonyl (C=O) groups excluding carboxylic acids is 2. The van der Waals surface area contributed by atoms with Gasteiger partial charge in [-0.15, -0.1) is 11.3 Å². The molecule has 1 aliphatic rings. The Morgan fingerprint density at radius 2 is 2.10 bits per heavy atom. The predicted molar refractivity (Wildman–Crippen MR) is 116 cm³/mol. The molecule has 4 rings (SSSR count). The van der Waals surface area contributed by atoms with Crippen LogP contribution < -0.4 is 10.9 Å². The number of fused-ring (bicyclic) bond motifs is 3. The van der Waals surface area contributed by atoms with Gasteiger partial charge in [0.1, 0.15) is 10.6 Å². The standard InChI is InChI=1S/C21H19ClFN3O4S/c22-14-9-12(23)5-6-15(14)25-17(27)10-30-18(28)7-8-26-11-24-20-19(21(26)29)13-3-1-2-4-16(13)31-20/h5-6,9,11H,1-4,7-8,10H2,(H,25,27). The largest absolute Gasteiger partial charge is 0.456 e. The van der Waals surface area contributed by atoms with E-state index in [-0.39, 0.29) is 29.2 Å². The van der Waals surface area contributed by atoms with Gasteiger partial charge in [0, 0.05) is 11.4 Å². The molecule has 0 saturated heterocycles. The third-order valence-electron chi connectivity index (χ3n) is 5.07. The van der Waals surface area contributed by atoms with Crippen LogP contribution in [0, 0.1) is 5.82 Å². The molecule has 162 valence electrons. The topological polar surface area (TPSA) is 90.3 Å². The molecule has 10 heteroatoms. The number of aromatic nitrogens is 2. The normalized spacial score (nSPS) is 13.1. The highest BCUT2D eigenvalue weighted by Crippen LogP contribution is 2.33. The maximum absolute atomic E-state index is 13.0. The van der Waals surface area contributed by atoms with Crippen molar-refractivity contribution in [3.05, 3.63) is 56.2 Å². The van der Waals surface area contributed by atoms with Gasteiger partial charge in [0.05, 0.1) is 28.8 Å². The van der Waals surface area contributed by atoms with E-state index < -0.39 is 24.3 Å². The molecule has 1 aliphatic carbocycles. The van der Waals surface area contributed by atoms with E-state index >= 15 is 0 Å². The highest BCUT2D eigenvalue weighted by atomic mass is 35.5. The van der Waals surface area contributed by atoms with Gasteiger partial charge in [-0.3, -0.25) is 19.0 Å². The minimum Gasteiger partial charge on any atom is -0.456 e. The van der Waals surface area contributed by atoms with Crippen LogP contribution in [-0.4, -0.2) is 28.0 Å². The summed E-state index contributed by atoms with van der Waals surface area (Å²) >= 11 is 7.42. The Morgan fingerprint density at radius 3 is 2.90 bits per heavy atom. The Balaban J connectivity index is 1.33. The van der Waals surface area contributed by atoms with Gasteiger partial charge in [0.15, 0.2) is 6.61 Å². The van der Waals surface area contributed by atoms with Crippen LogP contribution in [0.25, 0.3) is 10.2 Å².